The number of aromatic nitrogens is 1. The summed E-state index contributed by atoms with van der Waals surface area (Å²) in [6, 6.07) is 8.19. The number of pyridine rings is 1. The summed E-state index contributed by atoms with van der Waals surface area (Å²) in [6.45, 7) is 2.01. The predicted molar refractivity (Wildman–Crippen MR) is 91.8 cm³/mol. The molecule has 1 aliphatic rings. The van der Waals surface area contributed by atoms with Gasteiger partial charge in [0.1, 0.15) is 6.10 Å². The molecule has 1 saturated carbocycles. The van der Waals surface area contributed by atoms with Gasteiger partial charge in [-0.15, -0.1) is 11.3 Å². The van der Waals surface area contributed by atoms with E-state index in [1.54, 1.807) is 11.3 Å². The third-order valence-electron chi connectivity index (χ3n) is 4.13. The molecule has 4 nitrogen and oxygen atoms in total. The van der Waals surface area contributed by atoms with E-state index in [1.165, 1.54) is 0 Å². The van der Waals surface area contributed by atoms with Crippen molar-refractivity contribution in [1.29, 1.82) is 0 Å². The summed E-state index contributed by atoms with van der Waals surface area (Å²) in [4.78, 5) is 17.4. The molecule has 122 valence electrons. The van der Waals surface area contributed by atoms with Crippen molar-refractivity contribution in [2.45, 2.75) is 51.2 Å². The molecule has 0 atom stereocenters. The number of nitrogens with one attached hydrogen (secondary N) is 1. The van der Waals surface area contributed by atoms with Crippen molar-refractivity contribution in [3.05, 3.63) is 46.3 Å². The van der Waals surface area contributed by atoms with E-state index in [0.717, 1.165) is 36.1 Å². The number of carbonyl (C=O) groups is 1. The number of amides is 1. The summed E-state index contributed by atoms with van der Waals surface area (Å²) >= 11 is 1.63. The van der Waals surface area contributed by atoms with Gasteiger partial charge in [-0.1, -0.05) is 12.1 Å². The molecule has 0 aromatic carbocycles. The standard InChI is InChI=1S/C18H22N2O2S/c1-13-4-9-18(19-12-13)22-15-7-5-14(6-8-15)20-17(21)11-16-3-2-10-23-16/h2-4,9-10,12,14-15H,5-8,11H2,1H3,(H,20,21). The third-order valence-corrected chi connectivity index (χ3v) is 5.00. The maximum atomic E-state index is 12.0. The van der Waals surface area contributed by atoms with Crippen LogP contribution in [0, 0.1) is 6.92 Å². The molecule has 0 bridgehead atoms. The Kier molecular flexibility index (Phi) is 5.28. The zero-order valence-electron chi connectivity index (χ0n) is 13.3. The summed E-state index contributed by atoms with van der Waals surface area (Å²) < 4.78 is 5.93. The third kappa shape index (κ3) is 4.79. The summed E-state index contributed by atoms with van der Waals surface area (Å²) in [5.74, 6) is 0.817. The van der Waals surface area contributed by atoms with Gasteiger partial charge in [-0.05, 0) is 49.6 Å². The van der Waals surface area contributed by atoms with Crippen molar-refractivity contribution in [2.75, 3.05) is 0 Å². The normalized spacial score (nSPS) is 20.9. The Morgan fingerprint density at radius 2 is 2.13 bits per heavy atom. The van der Waals surface area contributed by atoms with E-state index in [9.17, 15) is 4.79 Å². The molecule has 2 aromatic heterocycles. The van der Waals surface area contributed by atoms with Crippen LogP contribution in [0.1, 0.15) is 36.1 Å². The second-order valence-electron chi connectivity index (χ2n) is 6.09. The first-order chi connectivity index (χ1) is 11.2. The molecule has 1 fully saturated rings. The van der Waals surface area contributed by atoms with E-state index in [0.29, 0.717) is 12.3 Å². The highest BCUT2D eigenvalue weighted by atomic mass is 32.1. The highest BCUT2D eigenvalue weighted by molar-refractivity contribution is 7.10. The Balaban J connectivity index is 1.41. The number of hydrogen-bond donors (Lipinski definition) is 1. The van der Waals surface area contributed by atoms with E-state index in [2.05, 4.69) is 10.3 Å². The molecule has 3 rings (SSSR count). The van der Waals surface area contributed by atoms with Gasteiger partial charge in [-0.25, -0.2) is 4.98 Å². The van der Waals surface area contributed by atoms with Crippen LogP contribution in [0.3, 0.4) is 0 Å². The fraction of sp³-hybridized carbons (Fsp3) is 0.444. The summed E-state index contributed by atoms with van der Waals surface area (Å²) in [5.41, 5.74) is 1.13. The van der Waals surface area contributed by atoms with Gasteiger partial charge >= 0.3 is 0 Å². The molecule has 1 amide bonds. The number of aryl methyl sites for hydroxylation is 1. The fourth-order valence-corrected chi connectivity index (χ4v) is 3.57. The van der Waals surface area contributed by atoms with Crippen LogP contribution >= 0.6 is 11.3 Å². The van der Waals surface area contributed by atoms with E-state index >= 15 is 0 Å². The number of carbonyl (C=O) groups excluding carboxylic acids is 1. The Hall–Kier alpha value is -1.88. The number of thiophene rings is 1. The van der Waals surface area contributed by atoms with Crippen LogP contribution in [0.2, 0.25) is 0 Å². The first-order valence-electron chi connectivity index (χ1n) is 8.10. The van der Waals surface area contributed by atoms with E-state index < -0.39 is 0 Å². The molecule has 1 aliphatic carbocycles. The molecule has 0 aliphatic heterocycles. The molecule has 0 saturated heterocycles. The molecule has 1 N–H and O–H groups in total. The molecule has 0 radical (unpaired) electrons. The van der Waals surface area contributed by atoms with Gasteiger partial charge in [0.15, 0.2) is 0 Å². The van der Waals surface area contributed by atoms with Crippen LogP contribution in [0.15, 0.2) is 35.8 Å². The van der Waals surface area contributed by atoms with Crippen molar-refractivity contribution in [3.63, 3.8) is 0 Å². The second-order valence-corrected chi connectivity index (χ2v) is 7.12. The highest BCUT2D eigenvalue weighted by Crippen LogP contribution is 2.23. The zero-order chi connectivity index (χ0) is 16.1. The smallest absolute Gasteiger partial charge is 0.225 e. The highest BCUT2D eigenvalue weighted by Gasteiger charge is 2.23. The van der Waals surface area contributed by atoms with Gasteiger partial charge in [0, 0.05) is 23.2 Å². The van der Waals surface area contributed by atoms with Crippen molar-refractivity contribution in [1.82, 2.24) is 10.3 Å². The number of ether oxygens (including phenoxy) is 1. The van der Waals surface area contributed by atoms with E-state index in [4.69, 9.17) is 4.74 Å². The number of rotatable bonds is 5. The Labute approximate surface area is 140 Å². The molecule has 0 unspecified atom stereocenters. The van der Waals surface area contributed by atoms with Crippen molar-refractivity contribution >= 4 is 17.2 Å². The van der Waals surface area contributed by atoms with Gasteiger partial charge in [0.25, 0.3) is 0 Å². The molecule has 0 spiro atoms. The Morgan fingerprint density at radius 3 is 2.78 bits per heavy atom. The topological polar surface area (TPSA) is 51.2 Å². The quantitative estimate of drug-likeness (QED) is 0.913. The molecule has 23 heavy (non-hydrogen) atoms. The van der Waals surface area contributed by atoms with Crippen LogP contribution in [-0.2, 0) is 11.2 Å². The first kappa shape index (κ1) is 16.0. The van der Waals surface area contributed by atoms with Gasteiger partial charge in [-0.3, -0.25) is 4.79 Å². The molecule has 2 heterocycles. The summed E-state index contributed by atoms with van der Waals surface area (Å²) in [7, 11) is 0. The van der Waals surface area contributed by atoms with Crippen molar-refractivity contribution in [2.24, 2.45) is 0 Å². The average Bonchev–Trinajstić information content (AvgIpc) is 3.04. The molecule has 2 aromatic rings. The predicted octanol–water partition coefficient (Wildman–Crippen LogP) is 3.50. The summed E-state index contributed by atoms with van der Waals surface area (Å²) in [5, 5.41) is 5.15. The molecular formula is C18H22N2O2S. The first-order valence-corrected chi connectivity index (χ1v) is 8.98. The van der Waals surface area contributed by atoms with E-state index in [1.807, 2.05) is 42.8 Å². The van der Waals surface area contributed by atoms with Crippen LogP contribution in [0.25, 0.3) is 0 Å². The van der Waals surface area contributed by atoms with Gasteiger partial charge in [0.05, 0.1) is 6.42 Å². The van der Waals surface area contributed by atoms with Crippen LogP contribution in [-0.4, -0.2) is 23.0 Å². The lowest BCUT2D eigenvalue weighted by atomic mass is 9.93. The Bertz CT molecular complexity index is 617. The van der Waals surface area contributed by atoms with Crippen molar-refractivity contribution in [3.8, 4) is 5.88 Å². The van der Waals surface area contributed by atoms with Crippen molar-refractivity contribution < 1.29 is 9.53 Å². The SMILES string of the molecule is Cc1ccc(OC2CCC(NC(=O)Cc3cccs3)CC2)nc1. The maximum absolute atomic E-state index is 12.0. The minimum absolute atomic E-state index is 0.122. The molecular weight excluding hydrogens is 308 g/mol. The minimum atomic E-state index is 0.122. The second kappa shape index (κ2) is 7.59. The van der Waals surface area contributed by atoms with E-state index in [-0.39, 0.29) is 18.1 Å². The average molecular weight is 330 g/mol. The Morgan fingerprint density at radius 1 is 1.30 bits per heavy atom. The summed E-state index contributed by atoms with van der Waals surface area (Å²) in [6.07, 6.45) is 6.36. The largest absolute Gasteiger partial charge is 0.474 e. The monoisotopic (exact) mass is 330 g/mol. The lowest BCUT2D eigenvalue weighted by Gasteiger charge is -2.29. The van der Waals surface area contributed by atoms with Gasteiger partial charge < -0.3 is 10.1 Å². The minimum Gasteiger partial charge on any atom is -0.474 e. The molecule has 5 heteroatoms. The van der Waals surface area contributed by atoms with Crippen LogP contribution in [0.4, 0.5) is 0 Å². The van der Waals surface area contributed by atoms with Crippen LogP contribution < -0.4 is 10.1 Å². The number of nitrogens with zero attached hydrogens (tertiary/aromatic N) is 1. The van der Waals surface area contributed by atoms with Gasteiger partial charge in [0.2, 0.25) is 11.8 Å². The van der Waals surface area contributed by atoms with Gasteiger partial charge in [-0.2, -0.15) is 0 Å². The zero-order valence-corrected chi connectivity index (χ0v) is 14.1. The number of hydrogen-bond acceptors (Lipinski definition) is 4. The fourth-order valence-electron chi connectivity index (χ4n) is 2.87. The maximum Gasteiger partial charge on any atom is 0.225 e. The lowest BCUT2D eigenvalue weighted by molar-refractivity contribution is -0.121. The lowest BCUT2D eigenvalue weighted by Crippen LogP contribution is -2.40. The van der Waals surface area contributed by atoms with Crippen LogP contribution in [0.5, 0.6) is 5.88 Å².